The molecular formula is C21H22N4OS. The highest BCUT2D eigenvalue weighted by molar-refractivity contribution is 7.18. The number of thiazole rings is 1. The molecule has 27 heavy (non-hydrogen) atoms. The van der Waals surface area contributed by atoms with Gasteiger partial charge in [0.1, 0.15) is 5.01 Å². The van der Waals surface area contributed by atoms with Crippen molar-refractivity contribution in [2.75, 3.05) is 20.1 Å². The number of rotatable bonds is 7. The Morgan fingerprint density at radius 3 is 2.89 bits per heavy atom. The van der Waals surface area contributed by atoms with E-state index in [1.54, 1.807) is 11.3 Å². The fourth-order valence-corrected chi connectivity index (χ4v) is 4.30. The van der Waals surface area contributed by atoms with E-state index >= 15 is 0 Å². The highest BCUT2D eigenvalue weighted by Gasteiger charge is 2.10. The Kier molecular flexibility index (Phi) is 5.18. The van der Waals surface area contributed by atoms with E-state index in [0.717, 1.165) is 22.5 Å². The topological polar surface area (TPSA) is 61.0 Å². The molecule has 0 fully saturated rings. The van der Waals surface area contributed by atoms with Crippen LogP contribution in [-0.4, -0.2) is 40.9 Å². The Morgan fingerprint density at radius 2 is 2.00 bits per heavy atom. The number of nitrogens with zero attached hydrogens (tertiary/aromatic N) is 2. The van der Waals surface area contributed by atoms with Crippen molar-refractivity contribution in [2.24, 2.45) is 0 Å². The molecule has 0 atom stereocenters. The van der Waals surface area contributed by atoms with E-state index in [0.29, 0.717) is 19.6 Å². The first-order valence-corrected chi connectivity index (χ1v) is 9.85. The summed E-state index contributed by atoms with van der Waals surface area (Å²) in [6.07, 6.45) is 2.84. The van der Waals surface area contributed by atoms with Crippen LogP contribution in [0.1, 0.15) is 10.6 Å². The number of aromatic amines is 1. The summed E-state index contributed by atoms with van der Waals surface area (Å²) in [6.45, 7) is 1.68. The lowest BCUT2D eigenvalue weighted by molar-refractivity contribution is -0.122. The van der Waals surface area contributed by atoms with E-state index in [9.17, 15) is 4.79 Å². The van der Waals surface area contributed by atoms with Crippen LogP contribution in [0.5, 0.6) is 0 Å². The quantitative estimate of drug-likeness (QED) is 0.517. The van der Waals surface area contributed by atoms with Crippen molar-refractivity contribution in [1.82, 2.24) is 20.2 Å². The van der Waals surface area contributed by atoms with Crippen LogP contribution in [0.4, 0.5) is 0 Å². The fourth-order valence-electron chi connectivity index (χ4n) is 3.25. The summed E-state index contributed by atoms with van der Waals surface area (Å²) in [5.74, 6) is 0.0402. The van der Waals surface area contributed by atoms with Gasteiger partial charge in [-0.05, 0) is 37.2 Å². The Bertz CT molecular complexity index is 1040. The Balaban J connectivity index is 1.26. The summed E-state index contributed by atoms with van der Waals surface area (Å²) in [5, 5.41) is 5.27. The maximum absolute atomic E-state index is 12.2. The molecule has 0 spiro atoms. The number of para-hydroxylation sites is 2. The summed E-state index contributed by atoms with van der Waals surface area (Å²) < 4.78 is 1.18. The number of hydrogen-bond donors (Lipinski definition) is 2. The SMILES string of the molecule is CN(CC(=O)NCCc1c[nH]c2ccccc12)Cc1nc2ccccc2s1. The van der Waals surface area contributed by atoms with Crippen LogP contribution < -0.4 is 5.32 Å². The van der Waals surface area contributed by atoms with Gasteiger partial charge in [0, 0.05) is 23.6 Å². The van der Waals surface area contributed by atoms with Crippen molar-refractivity contribution in [3.63, 3.8) is 0 Å². The summed E-state index contributed by atoms with van der Waals surface area (Å²) in [7, 11) is 1.95. The van der Waals surface area contributed by atoms with Crippen molar-refractivity contribution in [3.05, 3.63) is 65.3 Å². The average Bonchev–Trinajstić information content (AvgIpc) is 3.25. The van der Waals surface area contributed by atoms with Crippen LogP contribution in [-0.2, 0) is 17.8 Å². The Hall–Kier alpha value is -2.70. The zero-order valence-corrected chi connectivity index (χ0v) is 16.1. The number of amides is 1. The number of carbonyl (C=O) groups is 1. The zero-order valence-electron chi connectivity index (χ0n) is 15.2. The number of H-pyrrole nitrogens is 1. The van der Waals surface area contributed by atoms with Gasteiger partial charge >= 0.3 is 0 Å². The summed E-state index contributed by atoms with van der Waals surface area (Å²) in [6, 6.07) is 16.3. The second-order valence-electron chi connectivity index (χ2n) is 6.71. The normalized spacial score (nSPS) is 11.5. The van der Waals surface area contributed by atoms with Crippen molar-refractivity contribution in [3.8, 4) is 0 Å². The van der Waals surface area contributed by atoms with Gasteiger partial charge in [0.2, 0.25) is 5.91 Å². The molecule has 0 saturated carbocycles. The highest BCUT2D eigenvalue weighted by Crippen LogP contribution is 2.22. The largest absolute Gasteiger partial charge is 0.361 e. The van der Waals surface area contributed by atoms with Gasteiger partial charge in [-0.2, -0.15) is 0 Å². The summed E-state index contributed by atoms with van der Waals surface area (Å²) in [4.78, 5) is 22.1. The summed E-state index contributed by atoms with van der Waals surface area (Å²) in [5.41, 5.74) is 3.39. The summed E-state index contributed by atoms with van der Waals surface area (Å²) >= 11 is 1.68. The predicted molar refractivity (Wildman–Crippen MR) is 111 cm³/mol. The van der Waals surface area contributed by atoms with Crippen molar-refractivity contribution >= 4 is 38.4 Å². The third-order valence-corrected chi connectivity index (χ3v) is 5.57. The molecule has 2 N–H and O–H groups in total. The third-order valence-electron chi connectivity index (χ3n) is 4.55. The number of benzene rings is 2. The van der Waals surface area contributed by atoms with Crippen molar-refractivity contribution in [1.29, 1.82) is 0 Å². The second-order valence-corrected chi connectivity index (χ2v) is 7.82. The van der Waals surface area contributed by atoms with E-state index in [4.69, 9.17) is 0 Å². The number of fused-ring (bicyclic) bond motifs is 2. The molecule has 138 valence electrons. The Morgan fingerprint density at radius 1 is 1.19 bits per heavy atom. The number of nitrogens with one attached hydrogen (secondary N) is 2. The van der Waals surface area contributed by atoms with Gasteiger partial charge in [-0.3, -0.25) is 9.69 Å². The van der Waals surface area contributed by atoms with Gasteiger partial charge in [0.25, 0.3) is 0 Å². The zero-order chi connectivity index (χ0) is 18.6. The number of carbonyl (C=O) groups excluding carboxylic acids is 1. The van der Waals surface area contributed by atoms with Gasteiger partial charge in [0.05, 0.1) is 23.3 Å². The standard InChI is InChI=1S/C21H22N4OS/c1-25(14-21-24-18-8-4-5-9-19(18)27-21)13-20(26)22-11-10-15-12-23-17-7-3-2-6-16(15)17/h2-9,12,23H,10-11,13-14H2,1H3,(H,22,26). The van der Waals surface area contributed by atoms with E-state index in [1.807, 2.05) is 48.5 Å². The van der Waals surface area contributed by atoms with E-state index in [-0.39, 0.29) is 5.91 Å². The number of likely N-dealkylation sites (N-methyl/N-ethyl adjacent to an activating group) is 1. The van der Waals surface area contributed by atoms with Crippen LogP contribution in [0.15, 0.2) is 54.7 Å². The van der Waals surface area contributed by atoms with Gasteiger partial charge in [-0.1, -0.05) is 30.3 Å². The first kappa shape index (κ1) is 17.7. The predicted octanol–water partition coefficient (Wildman–Crippen LogP) is 3.57. The van der Waals surface area contributed by atoms with Gasteiger partial charge < -0.3 is 10.3 Å². The van der Waals surface area contributed by atoms with E-state index < -0.39 is 0 Å². The monoisotopic (exact) mass is 378 g/mol. The maximum atomic E-state index is 12.2. The van der Waals surface area contributed by atoms with Crippen LogP contribution in [0.2, 0.25) is 0 Å². The first-order chi connectivity index (χ1) is 13.2. The van der Waals surface area contributed by atoms with Crippen LogP contribution in [0.3, 0.4) is 0 Å². The molecule has 1 amide bonds. The lowest BCUT2D eigenvalue weighted by atomic mass is 10.1. The first-order valence-electron chi connectivity index (χ1n) is 9.04. The lowest BCUT2D eigenvalue weighted by Crippen LogP contribution is -2.35. The second kappa shape index (κ2) is 7.90. The lowest BCUT2D eigenvalue weighted by Gasteiger charge is -2.14. The third kappa shape index (κ3) is 4.18. The molecule has 4 aromatic rings. The average molecular weight is 379 g/mol. The Labute approximate surface area is 162 Å². The van der Waals surface area contributed by atoms with Crippen LogP contribution in [0, 0.1) is 0 Å². The van der Waals surface area contributed by atoms with Gasteiger partial charge in [-0.25, -0.2) is 4.98 Å². The molecule has 2 aromatic heterocycles. The molecule has 0 saturated heterocycles. The smallest absolute Gasteiger partial charge is 0.234 e. The molecule has 2 aromatic carbocycles. The fraction of sp³-hybridized carbons (Fsp3) is 0.238. The maximum Gasteiger partial charge on any atom is 0.234 e. The molecule has 0 bridgehead atoms. The molecule has 2 heterocycles. The molecule has 4 rings (SSSR count). The van der Waals surface area contributed by atoms with Crippen molar-refractivity contribution in [2.45, 2.75) is 13.0 Å². The van der Waals surface area contributed by atoms with E-state index in [1.165, 1.54) is 15.6 Å². The minimum atomic E-state index is 0.0402. The molecule has 0 unspecified atom stereocenters. The molecule has 0 aliphatic carbocycles. The van der Waals surface area contributed by atoms with Crippen LogP contribution >= 0.6 is 11.3 Å². The van der Waals surface area contributed by atoms with Gasteiger partial charge in [0.15, 0.2) is 0 Å². The van der Waals surface area contributed by atoms with Gasteiger partial charge in [-0.15, -0.1) is 11.3 Å². The van der Waals surface area contributed by atoms with E-state index in [2.05, 4.69) is 33.5 Å². The number of hydrogen-bond acceptors (Lipinski definition) is 4. The molecule has 0 aliphatic heterocycles. The van der Waals surface area contributed by atoms with Crippen molar-refractivity contribution < 1.29 is 4.79 Å². The molecule has 0 radical (unpaired) electrons. The number of aromatic nitrogens is 2. The molecule has 0 aliphatic rings. The minimum Gasteiger partial charge on any atom is -0.361 e. The molecule has 5 nitrogen and oxygen atoms in total. The highest BCUT2D eigenvalue weighted by atomic mass is 32.1. The van der Waals surface area contributed by atoms with Crippen LogP contribution in [0.25, 0.3) is 21.1 Å². The molecular weight excluding hydrogens is 356 g/mol. The minimum absolute atomic E-state index is 0.0402. The molecule has 6 heteroatoms.